The minimum absolute atomic E-state index is 0.0440. The Morgan fingerprint density at radius 2 is 0.903 bits per heavy atom. The zero-order valence-corrected chi connectivity index (χ0v) is 49.6. The van der Waals surface area contributed by atoms with Crippen LogP contribution in [-0.2, 0) is 62.1 Å². The molecule has 0 saturated heterocycles. The molecule has 0 radical (unpaired) electrons. The van der Waals surface area contributed by atoms with E-state index < -0.39 is 5.97 Å². The van der Waals surface area contributed by atoms with Gasteiger partial charge in [-0.25, -0.2) is 9.59 Å². The molecule has 4 unspecified atom stereocenters. The smallest absolute Gasteiger partial charge is 0.384 e. The van der Waals surface area contributed by atoms with Crippen molar-refractivity contribution in [3.8, 4) is 23.7 Å². The van der Waals surface area contributed by atoms with Crippen molar-refractivity contribution >= 4 is 53.4 Å². The second kappa shape index (κ2) is 48.5. The van der Waals surface area contributed by atoms with Crippen LogP contribution in [0.25, 0.3) is 0 Å². The number of allylic oxidation sites excluding steroid dienone is 2. The molecule has 2 fully saturated rings. The van der Waals surface area contributed by atoms with Crippen molar-refractivity contribution in [3.63, 3.8) is 0 Å². The van der Waals surface area contributed by atoms with Gasteiger partial charge in [0, 0.05) is 113 Å². The molecule has 0 spiro atoms. The maximum atomic E-state index is 11.2. The largest absolute Gasteiger partial charge is 0.469 e. The molecular formula is C54H97N5O13. The van der Waals surface area contributed by atoms with Gasteiger partial charge in [-0.3, -0.25) is 33.6 Å². The molecule has 0 aromatic heterocycles. The standard InChI is InChI=1S/C8H15NO.C7H13NO.C7H12O2.C6H13NO.C6H9NO.C6H10O2.C5H10O2.C5H6O2.C4H9NO/c1-6(2)7(3)8(10)9(4)5;1-5-4-6(5)7(9)8(2)3;1-5(2)6(3)7(8)9-4;2*1-4-5-6(8)7(2)3;1-4-3-5(4)6(7)8-2;2*1-3-4-5(6)7-2;1-4(6)5(2)3/h1-5H3;5-6H,4H2,1-3H3;1-4H3;4-5H2,1-3H3;1-3H3;4-5H,3H2,1-2H3;3-4H2,1-2H3;1-2H3;1-3H3. The van der Waals surface area contributed by atoms with Crippen molar-refractivity contribution in [2.24, 2.45) is 23.7 Å². The molecule has 4 atom stereocenters. The lowest BCUT2D eigenvalue weighted by Crippen LogP contribution is -2.23. The quantitative estimate of drug-likeness (QED) is 0.0817. The topological polar surface area (TPSA) is 207 Å². The molecule has 0 aromatic rings. The number of carbonyl (C=O) groups is 9. The van der Waals surface area contributed by atoms with Crippen LogP contribution in [0.1, 0.15) is 129 Å². The number of ether oxygens (including phenoxy) is 4. The summed E-state index contributed by atoms with van der Waals surface area (Å²) in [5.41, 5.74) is 3.61. The number of likely N-dealkylation sites (N-methyl/N-ethyl adjacent to an activating group) is 1. The molecular weight excluding hydrogens is 927 g/mol. The van der Waals surface area contributed by atoms with Gasteiger partial charge in [0.1, 0.15) is 0 Å². The van der Waals surface area contributed by atoms with Crippen molar-refractivity contribution in [2.45, 2.75) is 129 Å². The van der Waals surface area contributed by atoms with Crippen molar-refractivity contribution in [1.29, 1.82) is 0 Å². The van der Waals surface area contributed by atoms with Crippen LogP contribution in [-0.4, -0.2) is 177 Å². The summed E-state index contributed by atoms with van der Waals surface area (Å²) in [6, 6.07) is 0. The van der Waals surface area contributed by atoms with Gasteiger partial charge in [-0.1, -0.05) is 50.7 Å². The summed E-state index contributed by atoms with van der Waals surface area (Å²) in [7, 11) is 23.0. The van der Waals surface area contributed by atoms with Crippen LogP contribution in [0.4, 0.5) is 0 Å². The van der Waals surface area contributed by atoms with Crippen LogP contribution in [0, 0.1) is 47.4 Å². The third-order valence-electron chi connectivity index (χ3n) is 9.52. The molecule has 2 rings (SSSR count). The van der Waals surface area contributed by atoms with Gasteiger partial charge in [0.25, 0.3) is 5.91 Å². The van der Waals surface area contributed by atoms with Crippen LogP contribution in [0.5, 0.6) is 0 Å². The highest BCUT2D eigenvalue weighted by atomic mass is 16.5. The Morgan fingerprint density at radius 1 is 0.500 bits per heavy atom. The fourth-order valence-electron chi connectivity index (χ4n) is 3.82. The van der Waals surface area contributed by atoms with Crippen LogP contribution in [0.2, 0.25) is 0 Å². The van der Waals surface area contributed by atoms with Crippen LogP contribution < -0.4 is 0 Å². The first-order valence-electron chi connectivity index (χ1n) is 23.5. The van der Waals surface area contributed by atoms with Crippen molar-refractivity contribution in [2.75, 3.05) is 98.9 Å². The Kier molecular flexibility index (Phi) is 53.8. The zero-order valence-electron chi connectivity index (χ0n) is 49.6. The molecule has 0 aromatic carbocycles. The Morgan fingerprint density at radius 3 is 1.01 bits per heavy atom. The SMILES string of the molecule is CC#CC(=O)N(C)C.CC#CC(=O)OC.CC(=O)N(C)C.CC(C)=C(C)C(=O)N(C)C.CC1CC1C(=O)N(C)C.CCCC(=O)N(C)C.CCCC(=O)OC.COC(=O)C(C)=C(C)C.COC(=O)C1CC1C. The Hall–Kier alpha value is -6.17. The van der Waals surface area contributed by atoms with E-state index in [1.807, 2.05) is 62.6 Å². The van der Waals surface area contributed by atoms with E-state index in [2.05, 4.69) is 56.5 Å². The highest BCUT2D eigenvalue weighted by Crippen LogP contribution is 2.39. The lowest BCUT2D eigenvalue weighted by atomic mass is 10.1. The maximum absolute atomic E-state index is 11.2. The zero-order chi connectivity index (χ0) is 58.6. The molecule has 2 aliphatic carbocycles. The van der Waals surface area contributed by atoms with E-state index in [0.717, 1.165) is 42.4 Å². The average Bonchev–Trinajstić information content (AvgIpc) is 4.25. The van der Waals surface area contributed by atoms with Crippen molar-refractivity contribution in [1.82, 2.24) is 24.5 Å². The van der Waals surface area contributed by atoms with Crippen molar-refractivity contribution in [3.05, 3.63) is 22.3 Å². The average molecular weight is 1020 g/mol. The maximum Gasteiger partial charge on any atom is 0.384 e. The second-order valence-electron chi connectivity index (χ2n) is 17.6. The van der Waals surface area contributed by atoms with E-state index in [4.69, 9.17) is 0 Å². The summed E-state index contributed by atoms with van der Waals surface area (Å²) in [5.74, 6) is 10.9. The molecule has 0 N–H and O–H groups in total. The highest BCUT2D eigenvalue weighted by Gasteiger charge is 2.40. The summed E-state index contributed by atoms with van der Waals surface area (Å²) < 4.78 is 17.5. The van der Waals surface area contributed by atoms with Gasteiger partial charge >= 0.3 is 23.9 Å². The van der Waals surface area contributed by atoms with E-state index in [1.54, 1.807) is 91.9 Å². The third kappa shape index (κ3) is 51.7. The number of hydrogen-bond acceptors (Lipinski definition) is 13. The Balaban J connectivity index is -0.000000132. The van der Waals surface area contributed by atoms with E-state index >= 15 is 0 Å². The summed E-state index contributed by atoms with van der Waals surface area (Å²) in [4.78, 5) is 103. The number of nitrogens with zero attached hydrogens (tertiary/aromatic N) is 5. The number of esters is 4. The molecule has 0 aliphatic heterocycles. The molecule has 2 saturated carbocycles. The molecule has 0 heterocycles. The summed E-state index contributed by atoms with van der Waals surface area (Å²) in [5, 5.41) is 0. The van der Waals surface area contributed by atoms with E-state index in [1.165, 1.54) is 45.2 Å². The van der Waals surface area contributed by atoms with E-state index in [0.29, 0.717) is 42.1 Å². The molecule has 0 bridgehead atoms. The van der Waals surface area contributed by atoms with Gasteiger partial charge in [0.05, 0.1) is 34.4 Å². The number of methoxy groups -OCH3 is 4. The summed E-state index contributed by atoms with van der Waals surface area (Å²) in [6.45, 7) is 24.1. The predicted octanol–water partition coefficient (Wildman–Crippen LogP) is 6.70. The minimum atomic E-state index is -0.484. The second-order valence-corrected chi connectivity index (χ2v) is 17.6. The van der Waals surface area contributed by atoms with Gasteiger partial charge < -0.3 is 43.4 Å². The van der Waals surface area contributed by atoms with Gasteiger partial charge in [-0.15, -0.1) is 0 Å². The van der Waals surface area contributed by atoms with Gasteiger partial charge in [0.2, 0.25) is 23.6 Å². The monoisotopic (exact) mass is 1020 g/mol. The first kappa shape index (κ1) is 79.9. The number of hydrogen-bond donors (Lipinski definition) is 0. The van der Waals surface area contributed by atoms with E-state index in [-0.39, 0.29) is 47.5 Å². The van der Waals surface area contributed by atoms with Crippen molar-refractivity contribution < 1.29 is 62.1 Å². The first-order chi connectivity index (χ1) is 33.1. The molecule has 416 valence electrons. The summed E-state index contributed by atoms with van der Waals surface area (Å²) in [6.07, 6.45) is 5.14. The van der Waals surface area contributed by atoms with Crippen LogP contribution >= 0.6 is 0 Å². The Labute approximate surface area is 435 Å². The fourth-order valence-corrected chi connectivity index (χ4v) is 3.82. The summed E-state index contributed by atoms with van der Waals surface area (Å²) >= 11 is 0. The minimum Gasteiger partial charge on any atom is -0.469 e. The number of carbonyl (C=O) groups excluding carboxylic acids is 9. The lowest BCUT2D eigenvalue weighted by Gasteiger charge is -2.10. The molecule has 18 heteroatoms. The van der Waals surface area contributed by atoms with Gasteiger partial charge in [-0.05, 0) is 98.8 Å². The van der Waals surface area contributed by atoms with Crippen LogP contribution in [0.15, 0.2) is 22.3 Å². The third-order valence-corrected chi connectivity index (χ3v) is 9.52. The lowest BCUT2D eigenvalue weighted by molar-refractivity contribution is -0.142. The first-order valence-corrected chi connectivity index (χ1v) is 23.5. The number of amides is 5. The predicted molar refractivity (Wildman–Crippen MR) is 287 cm³/mol. The molecule has 2 aliphatic rings. The van der Waals surface area contributed by atoms with Gasteiger partial charge in [0.15, 0.2) is 0 Å². The van der Waals surface area contributed by atoms with Gasteiger partial charge in [-0.2, -0.15) is 0 Å². The highest BCUT2D eigenvalue weighted by molar-refractivity contribution is 5.93. The van der Waals surface area contributed by atoms with E-state index in [9.17, 15) is 43.2 Å². The normalized spacial score (nSPS) is 13.9. The fraction of sp³-hybridized carbons (Fsp3) is 0.685. The molecule has 72 heavy (non-hydrogen) atoms. The molecule has 18 nitrogen and oxygen atoms in total. The molecule has 5 amide bonds. The Bertz CT molecular complexity index is 1820. The van der Waals surface area contributed by atoms with Crippen LogP contribution in [0.3, 0.4) is 0 Å². The number of rotatable bonds is 8.